The molecule has 0 aliphatic carbocycles. The monoisotopic (exact) mass is 202 g/mol. The number of benzene rings is 1. The van der Waals surface area contributed by atoms with E-state index in [9.17, 15) is 0 Å². The Morgan fingerprint density at radius 3 is 2.67 bits per heavy atom. The Morgan fingerprint density at radius 2 is 2.00 bits per heavy atom. The summed E-state index contributed by atoms with van der Waals surface area (Å²) in [7, 11) is 4.27. The van der Waals surface area contributed by atoms with E-state index in [1.54, 1.807) is 0 Å². The van der Waals surface area contributed by atoms with Crippen LogP contribution in [0.4, 0.5) is 0 Å². The molecule has 2 heteroatoms. The van der Waals surface area contributed by atoms with E-state index in [4.69, 9.17) is 0 Å². The largest absolute Gasteiger partial charge is 0.387 e. The van der Waals surface area contributed by atoms with Gasteiger partial charge in [-0.1, -0.05) is 30.3 Å². The lowest BCUT2D eigenvalue weighted by Crippen LogP contribution is -2.27. The molecule has 1 heterocycles. The quantitative estimate of drug-likeness (QED) is 0.788. The van der Waals surface area contributed by atoms with Crippen molar-refractivity contribution in [3.63, 3.8) is 0 Å². The maximum atomic E-state index is 3.46. The van der Waals surface area contributed by atoms with Crippen molar-refractivity contribution in [2.24, 2.45) is 0 Å². The smallest absolute Gasteiger partial charge is 0.0506 e. The number of hydrogen-bond acceptors (Lipinski definition) is 2. The van der Waals surface area contributed by atoms with Crippen LogP contribution < -0.4 is 5.32 Å². The highest BCUT2D eigenvalue weighted by atomic mass is 15.2. The van der Waals surface area contributed by atoms with Crippen LogP contribution in [0.3, 0.4) is 0 Å². The molecule has 0 saturated carbocycles. The van der Waals surface area contributed by atoms with E-state index >= 15 is 0 Å². The summed E-state index contributed by atoms with van der Waals surface area (Å²) < 4.78 is 0. The van der Waals surface area contributed by atoms with Crippen molar-refractivity contribution in [1.29, 1.82) is 0 Å². The Labute approximate surface area is 91.6 Å². The Morgan fingerprint density at radius 1 is 1.27 bits per heavy atom. The van der Waals surface area contributed by atoms with Crippen molar-refractivity contribution in [1.82, 2.24) is 10.2 Å². The molecule has 0 amide bonds. The van der Waals surface area contributed by atoms with Gasteiger partial charge in [0, 0.05) is 12.2 Å². The van der Waals surface area contributed by atoms with Gasteiger partial charge in [0.15, 0.2) is 0 Å². The van der Waals surface area contributed by atoms with Gasteiger partial charge < -0.3 is 10.2 Å². The summed E-state index contributed by atoms with van der Waals surface area (Å²) in [6.45, 7) is 1.08. The molecule has 0 spiro atoms. The summed E-state index contributed by atoms with van der Waals surface area (Å²) in [4.78, 5) is 2.27. The van der Waals surface area contributed by atoms with Crippen molar-refractivity contribution in [3.8, 4) is 0 Å². The molecule has 2 nitrogen and oxygen atoms in total. The molecule has 1 unspecified atom stereocenters. The number of rotatable bonds is 2. The number of nitrogens with zero attached hydrogens (tertiary/aromatic N) is 1. The minimum absolute atomic E-state index is 0.546. The van der Waals surface area contributed by atoms with Gasteiger partial charge in [-0.15, -0.1) is 0 Å². The Bertz CT molecular complexity index is 341. The second-order valence-electron chi connectivity index (χ2n) is 4.21. The molecule has 1 saturated heterocycles. The topological polar surface area (TPSA) is 15.3 Å². The van der Waals surface area contributed by atoms with E-state index < -0.39 is 0 Å². The zero-order valence-electron chi connectivity index (χ0n) is 9.40. The van der Waals surface area contributed by atoms with Crippen LogP contribution >= 0.6 is 0 Å². The minimum atomic E-state index is 0.546. The van der Waals surface area contributed by atoms with Gasteiger partial charge in [0.1, 0.15) is 0 Å². The van der Waals surface area contributed by atoms with Gasteiger partial charge >= 0.3 is 0 Å². The molecule has 80 valence electrons. The molecule has 1 aliphatic rings. The lowest BCUT2D eigenvalue weighted by molar-refractivity contribution is 0.338. The molecule has 2 rings (SSSR count). The Hall–Kier alpha value is -1.28. The second kappa shape index (κ2) is 4.49. The van der Waals surface area contributed by atoms with Crippen LogP contribution in [0.2, 0.25) is 0 Å². The maximum absolute atomic E-state index is 3.46. The third kappa shape index (κ3) is 2.39. The number of likely N-dealkylation sites (N-methyl/N-ethyl adjacent to an activating group) is 1. The first-order valence-electron chi connectivity index (χ1n) is 5.44. The van der Waals surface area contributed by atoms with Gasteiger partial charge in [0.2, 0.25) is 0 Å². The first-order chi connectivity index (χ1) is 7.27. The highest BCUT2D eigenvalue weighted by molar-refractivity contribution is 5.54. The van der Waals surface area contributed by atoms with Crippen LogP contribution in [-0.4, -0.2) is 31.6 Å². The fraction of sp³-hybridized carbons (Fsp3) is 0.385. The Kier molecular flexibility index (Phi) is 3.07. The SMILES string of the molecule is CN(C)C1CCNC1=Cc1ccccc1. The van der Waals surface area contributed by atoms with Crippen molar-refractivity contribution >= 4 is 6.08 Å². The van der Waals surface area contributed by atoms with Crippen LogP contribution in [-0.2, 0) is 0 Å². The van der Waals surface area contributed by atoms with Gasteiger partial charge in [-0.25, -0.2) is 0 Å². The van der Waals surface area contributed by atoms with Gasteiger partial charge in [-0.2, -0.15) is 0 Å². The molecule has 0 radical (unpaired) electrons. The van der Waals surface area contributed by atoms with Gasteiger partial charge in [0.25, 0.3) is 0 Å². The molecule has 1 aliphatic heterocycles. The number of hydrogen-bond donors (Lipinski definition) is 1. The van der Waals surface area contributed by atoms with Crippen LogP contribution in [0.25, 0.3) is 6.08 Å². The minimum Gasteiger partial charge on any atom is -0.387 e. The summed E-state index contributed by atoms with van der Waals surface area (Å²) in [5.41, 5.74) is 2.61. The molecule has 0 bridgehead atoms. The van der Waals surface area contributed by atoms with Crippen molar-refractivity contribution in [2.75, 3.05) is 20.6 Å². The van der Waals surface area contributed by atoms with Crippen LogP contribution in [0.15, 0.2) is 36.0 Å². The average Bonchev–Trinajstić information content (AvgIpc) is 2.67. The first-order valence-corrected chi connectivity index (χ1v) is 5.44. The van der Waals surface area contributed by atoms with Crippen LogP contribution in [0.5, 0.6) is 0 Å². The average molecular weight is 202 g/mol. The van der Waals surface area contributed by atoms with Crippen molar-refractivity contribution in [2.45, 2.75) is 12.5 Å². The molecule has 1 N–H and O–H groups in total. The fourth-order valence-electron chi connectivity index (χ4n) is 2.04. The molecule has 1 fully saturated rings. The Balaban J connectivity index is 2.19. The highest BCUT2D eigenvalue weighted by Crippen LogP contribution is 2.18. The molecule has 1 aromatic carbocycles. The predicted octanol–water partition coefficient (Wildman–Crippen LogP) is 1.95. The highest BCUT2D eigenvalue weighted by Gasteiger charge is 2.21. The second-order valence-corrected chi connectivity index (χ2v) is 4.21. The first kappa shape index (κ1) is 10.2. The van der Waals surface area contributed by atoms with Gasteiger partial charge in [-0.05, 0) is 32.2 Å². The number of nitrogens with one attached hydrogen (secondary N) is 1. The summed E-state index contributed by atoms with van der Waals surface area (Å²) in [6, 6.07) is 11.0. The van der Waals surface area contributed by atoms with E-state index in [1.165, 1.54) is 17.7 Å². The third-order valence-electron chi connectivity index (χ3n) is 2.85. The molecule has 15 heavy (non-hydrogen) atoms. The van der Waals surface area contributed by atoms with Gasteiger partial charge in [-0.3, -0.25) is 0 Å². The van der Waals surface area contributed by atoms with Gasteiger partial charge in [0.05, 0.1) is 6.04 Å². The van der Waals surface area contributed by atoms with E-state index in [1.807, 2.05) is 6.07 Å². The van der Waals surface area contributed by atoms with Crippen LogP contribution in [0, 0.1) is 0 Å². The van der Waals surface area contributed by atoms with E-state index in [-0.39, 0.29) is 0 Å². The maximum Gasteiger partial charge on any atom is 0.0506 e. The summed E-state index contributed by atoms with van der Waals surface area (Å²) in [6.07, 6.45) is 3.45. The van der Waals surface area contributed by atoms with Crippen molar-refractivity contribution in [3.05, 3.63) is 41.6 Å². The lowest BCUT2D eigenvalue weighted by Gasteiger charge is -2.19. The summed E-state index contributed by atoms with van der Waals surface area (Å²) in [5, 5.41) is 3.46. The predicted molar refractivity (Wildman–Crippen MR) is 64.5 cm³/mol. The van der Waals surface area contributed by atoms with E-state index in [0.717, 1.165) is 6.54 Å². The lowest BCUT2D eigenvalue weighted by atomic mass is 10.1. The third-order valence-corrected chi connectivity index (χ3v) is 2.85. The van der Waals surface area contributed by atoms with E-state index in [0.29, 0.717) is 6.04 Å². The fourth-order valence-corrected chi connectivity index (χ4v) is 2.04. The van der Waals surface area contributed by atoms with Crippen LogP contribution in [0.1, 0.15) is 12.0 Å². The zero-order valence-corrected chi connectivity index (χ0v) is 9.40. The molecule has 0 aromatic heterocycles. The molecular weight excluding hydrogens is 184 g/mol. The molecular formula is C13H18N2. The normalized spacial score (nSPS) is 23.4. The van der Waals surface area contributed by atoms with Crippen molar-refractivity contribution < 1.29 is 0 Å². The van der Waals surface area contributed by atoms with E-state index in [2.05, 4.69) is 54.7 Å². The standard InChI is InChI=1S/C13H18N2/c1-15(2)13-8-9-14-12(13)10-11-6-4-3-5-7-11/h3-7,10,13-14H,8-9H2,1-2H3. The molecule has 1 atom stereocenters. The zero-order chi connectivity index (χ0) is 10.7. The summed E-state index contributed by atoms with van der Waals surface area (Å²) >= 11 is 0. The summed E-state index contributed by atoms with van der Waals surface area (Å²) in [5.74, 6) is 0. The molecule has 1 aromatic rings.